The lowest BCUT2D eigenvalue weighted by atomic mass is 10.2. The van der Waals surface area contributed by atoms with E-state index in [1.165, 1.54) is 6.07 Å². The first-order valence-electron chi connectivity index (χ1n) is 8.46. The lowest BCUT2D eigenvalue weighted by Gasteiger charge is -2.10. The Balaban J connectivity index is 1.97. The van der Waals surface area contributed by atoms with Crippen molar-refractivity contribution in [1.29, 1.82) is 0 Å². The Labute approximate surface area is 172 Å². The number of nitrogens with one attached hydrogen (secondary N) is 1. The zero-order valence-electron chi connectivity index (χ0n) is 15.3. The normalized spacial score (nSPS) is 12.0. The molecule has 0 radical (unpaired) electrons. The largest absolute Gasteiger partial charge is 0.505 e. The number of aromatic nitrogens is 1. The van der Waals surface area contributed by atoms with Crippen molar-refractivity contribution in [2.45, 2.75) is 16.0 Å². The molecular formula is C19H13F3N2O6S. The van der Waals surface area contributed by atoms with Gasteiger partial charge in [0.15, 0.2) is 5.69 Å². The predicted molar refractivity (Wildman–Crippen MR) is 100 cm³/mol. The Bertz CT molecular complexity index is 1290. The van der Waals surface area contributed by atoms with Gasteiger partial charge in [-0.3, -0.25) is 9.59 Å². The second-order valence-electron chi connectivity index (χ2n) is 6.31. The summed E-state index contributed by atoms with van der Waals surface area (Å²) in [5.41, 5.74) is -1.32. The number of amides is 1. The van der Waals surface area contributed by atoms with Crippen LogP contribution in [0.2, 0.25) is 0 Å². The summed E-state index contributed by atoms with van der Waals surface area (Å²) in [5, 5.41) is 20.8. The zero-order valence-corrected chi connectivity index (χ0v) is 16.2. The molecule has 0 aliphatic heterocycles. The van der Waals surface area contributed by atoms with Crippen LogP contribution in [0.1, 0.15) is 16.1 Å². The van der Waals surface area contributed by atoms with Crippen LogP contribution in [0.3, 0.4) is 0 Å². The smallest absolute Gasteiger partial charge is 0.416 e. The molecule has 2 aromatic carbocycles. The summed E-state index contributed by atoms with van der Waals surface area (Å²) in [6, 6.07) is 7.62. The minimum atomic E-state index is -4.61. The fraction of sp³-hybridized carbons (Fsp3) is 0.105. The summed E-state index contributed by atoms with van der Waals surface area (Å²) in [6.45, 7) is -0.692. The summed E-state index contributed by atoms with van der Waals surface area (Å²) in [5.74, 6) is -2.85. The second kappa shape index (κ2) is 7.87. The molecule has 0 saturated carbocycles. The maximum atomic E-state index is 12.8. The number of fused-ring (bicyclic) bond motifs is 1. The van der Waals surface area contributed by atoms with Crippen molar-refractivity contribution < 1.29 is 41.4 Å². The van der Waals surface area contributed by atoms with Gasteiger partial charge in [0, 0.05) is 5.39 Å². The van der Waals surface area contributed by atoms with Gasteiger partial charge in [-0.1, -0.05) is 0 Å². The molecule has 0 aliphatic carbocycles. The van der Waals surface area contributed by atoms with Crippen LogP contribution in [0.5, 0.6) is 5.75 Å². The van der Waals surface area contributed by atoms with E-state index in [0.717, 1.165) is 30.3 Å². The van der Waals surface area contributed by atoms with E-state index >= 15 is 0 Å². The summed E-state index contributed by atoms with van der Waals surface area (Å²) >= 11 is 0. The van der Waals surface area contributed by atoms with E-state index in [4.69, 9.17) is 5.11 Å². The minimum Gasteiger partial charge on any atom is -0.505 e. The standard InChI is InChI=1S/C19H13F3N2O6S/c20-19(21,22)11-1-3-12(4-2-11)31(29,30)13-5-6-14-10(7-13)8-15(25)17(24-14)18(28)23-9-16(26)27/h1-8,25H,9H2,(H,23,28)(H,26,27). The molecule has 3 N–H and O–H groups in total. The number of aliphatic carboxylic acids is 1. The molecule has 1 amide bonds. The van der Waals surface area contributed by atoms with Crippen LogP contribution in [0.4, 0.5) is 13.2 Å². The molecule has 3 aromatic rings. The molecule has 1 heterocycles. The van der Waals surface area contributed by atoms with Crippen molar-refractivity contribution in [3.05, 3.63) is 59.8 Å². The first-order valence-corrected chi connectivity index (χ1v) is 9.94. The van der Waals surface area contributed by atoms with Crippen LogP contribution in [0.15, 0.2) is 58.3 Å². The predicted octanol–water partition coefficient (Wildman–Crippen LogP) is 2.61. The third-order valence-corrected chi connectivity index (χ3v) is 5.95. The van der Waals surface area contributed by atoms with Gasteiger partial charge in [-0.2, -0.15) is 13.2 Å². The van der Waals surface area contributed by atoms with Crippen molar-refractivity contribution in [3.8, 4) is 5.75 Å². The van der Waals surface area contributed by atoms with Crippen molar-refractivity contribution >= 4 is 32.6 Å². The number of nitrogens with zero attached hydrogens (tertiary/aromatic N) is 1. The Morgan fingerprint density at radius 1 is 1.00 bits per heavy atom. The molecule has 0 saturated heterocycles. The average molecular weight is 454 g/mol. The zero-order chi connectivity index (χ0) is 23.0. The number of hydrogen-bond acceptors (Lipinski definition) is 6. The quantitative estimate of drug-likeness (QED) is 0.540. The number of sulfone groups is 1. The molecule has 0 atom stereocenters. The highest BCUT2D eigenvalue weighted by Gasteiger charge is 2.31. The summed E-state index contributed by atoms with van der Waals surface area (Å²) < 4.78 is 63.6. The van der Waals surface area contributed by atoms with Crippen LogP contribution >= 0.6 is 0 Å². The van der Waals surface area contributed by atoms with Gasteiger partial charge in [0.2, 0.25) is 9.84 Å². The van der Waals surface area contributed by atoms with Gasteiger partial charge < -0.3 is 15.5 Å². The molecule has 0 bridgehead atoms. The molecule has 8 nitrogen and oxygen atoms in total. The Morgan fingerprint density at radius 2 is 1.61 bits per heavy atom. The highest BCUT2D eigenvalue weighted by Crippen LogP contribution is 2.32. The maximum absolute atomic E-state index is 12.8. The van der Waals surface area contributed by atoms with Gasteiger partial charge >= 0.3 is 12.1 Å². The highest BCUT2D eigenvalue weighted by molar-refractivity contribution is 7.91. The number of carbonyl (C=O) groups excluding carboxylic acids is 1. The van der Waals surface area contributed by atoms with Crippen LogP contribution < -0.4 is 5.32 Å². The number of aromatic hydroxyl groups is 1. The SMILES string of the molecule is O=C(O)CNC(=O)c1nc2ccc(S(=O)(=O)c3ccc(C(F)(F)F)cc3)cc2cc1O. The Hall–Kier alpha value is -3.67. The topological polar surface area (TPSA) is 134 Å². The lowest BCUT2D eigenvalue weighted by molar-refractivity contribution is -0.138. The summed E-state index contributed by atoms with van der Waals surface area (Å²) in [4.78, 5) is 25.8. The van der Waals surface area contributed by atoms with Gasteiger partial charge in [0.05, 0.1) is 20.9 Å². The number of pyridine rings is 1. The number of carbonyl (C=O) groups is 2. The molecule has 12 heteroatoms. The molecule has 0 aliphatic rings. The van der Waals surface area contributed by atoms with Crippen molar-refractivity contribution in [1.82, 2.24) is 10.3 Å². The van der Waals surface area contributed by atoms with Crippen molar-refractivity contribution in [2.75, 3.05) is 6.54 Å². The van der Waals surface area contributed by atoms with Gasteiger partial charge in [-0.05, 0) is 48.5 Å². The van der Waals surface area contributed by atoms with Crippen molar-refractivity contribution in [2.24, 2.45) is 0 Å². The third kappa shape index (κ3) is 4.58. The van der Waals surface area contributed by atoms with Crippen LogP contribution in [0.25, 0.3) is 10.9 Å². The van der Waals surface area contributed by atoms with Crippen LogP contribution in [-0.2, 0) is 20.8 Å². The molecule has 0 fully saturated rings. The number of benzene rings is 2. The van der Waals surface area contributed by atoms with E-state index in [1.54, 1.807) is 0 Å². The highest BCUT2D eigenvalue weighted by atomic mass is 32.2. The molecule has 162 valence electrons. The van der Waals surface area contributed by atoms with Gasteiger partial charge in [0.1, 0.15) is 12.3 Å². The number of halogens is 3. The Morgan fingerprint density at radius 3 is 2.19 bits per heavy atom. The number of rotatable bonds is 5. The second-order valence-corrected chi connectivity index (χ2v) is 8.26. The van der Waals surface area contributed by atoms with Crippen LogP contribution in [-0.4, -0.2) is 42.0 Å². The number of carboxylic acid groups (broad SMARTS) is 1. The van der Waals surface area contributed by atoms with E-state index in [1.807, 2.05) is 5.32 Å². The first kappa shape index (κ1) is 22.0. The summed E-state index contributed by atoms with van der Waals surface area (Å²) in [7, 11) is -4.17. The van der Waals surface area contributed by atoms with Gasteiger partial charge in [0.25, 0.3) is 5.91 Å². The third-order valence-electron chi connectivity index (χ3n) is 4.18. The van der Waals surface area contributed by atoms with E-state index in [9.17, 15) is 36.3 Å². The van der Waals surface area contributed by atoms with Crippen LogP contribution in [0, 0.1) is 0 Å². The number of carboxylic acids is 1. The summed E-state index contributed by atoms with van der Waals surface area (Å²) in [6.07, 6.45) is -4.61. The first-order chi connectivity index (χ1) is 14.4. The molecule has 1 aromatic heterocycles. The van der Waals surface area contributed by atoms with E-state index in [-0.39, 0.29) is 20.7 Å². The number of alkyl halides is 3. The van der Waals surface area contributed by atoms with E-state index < -0.39 is 51.4 Å². The average Bonchev–Trinajstić information content (AvgIpc) is 2.70. The Kier molecular flexibility index (Phi) is 5.59. The van der Waals surface area contributed by atoms with Gasteiger partial charge in [-0.15, -0.1) is 0 Å². The molecular weight excluding hydrogens is 441 g/mol. The van der Waals surface area contributed by atoms with Gasteiger partial charge in [-0.25, -0.2) is 13.4 Å². The maximum Gasteiger partial charge on any atom is 0.416 e. The van der Waals surface area contributed by atoms with E-state index in [2.05, 4.69) is 4.98 Å². The molecule has 0 spiro atoms. The minimum absolute atomic E-state index is 0.129. The molecule has 3 rings (SSSR count). The monoisotopic (exact) mass is 454 g/mol. The van der Waals surface area contributed by atoms with E-state index in [0.29, 0.717) is 12.1 Å². The fourth-order valence-electron chi connectivity index (χ4n) is 2.68. The number of hydrogen-bond donors (Lipinski definition) is 3. The molecule has 0 unspecified atom stereocenters. The molecule has 31 heavy (non-hydrogen) atoms. The van der Waals surface area contributed by atoms with Crippen molar-refractivity contribution in [3.63, 3.8) is 0 Å². The fourth-order valence-corrected chi connectivity index (χ4v) is 3.97. The lowest BCUT2D eigenvalue weighted by Crippen LogP contribution is -2.29.